The summed E-state index contributed by atoms with van der Waals surface area (Å²) in [5, 5.41) is 13.9. The van der Waals surface area contributed by atoms with E-state index in [-0.39, 0.29) is 23.5 Å². The van der Waals surface area contributed by atoms with Crippen LogP contribution in [0.5, 0.6) is 0 Å². The van der Waals surface area contributed by atoms with E-state index in [1.54, 1.807) is 0 Å². The highest BCUT2D eigenvalue weighted by molar-refractivity contribution is 5.70. The SMILES string of the molecule is C#CC[C@H]1O[C@@H](n2cnc3c(=O)[nH]c(N)nc32)[C@H](O)[C@@H]1N=[N+]=[N-]. The predicted molar refractivity (Wildman–Crippen MR) is 78.9 cm³/mol. The molecule has 4 N–H and O–H groups in total. The number of rotatable bonds is 3. The highest BCUT2D eigenvalue weighted by Gasteiger charge is 2.44. The fraction of sp³-hybridized carbons (Fsp3) is 0.417. The first-order valence-corrected chi connectivity index (χ1v) is 6.60. The number of aliphatic hydroxyl groups is 1. The summed E-state index contributed by atoms with van der Waals surface area (Å²) in [7, 11) is 0. The van der Waals surface area contributed by atoms with Crippen LogP contribution in [0.3, 0.4) is 0 Å². The number of azide groups is 1. The molecule has 4 atom stereocenters. The Morgan fingerprint density at radius 2 is 2.48 bits per heavy atom. The minimum Gasteiger partial charge on any atom is -0.388 e. The highest BCUT2D eigenvalue weighted by Crippen LogP contribution is 2.34. The normalized spacial score (nSPS) is 26.8. The molecule has 3 rings (SSSR count). The number of aromatic amines is 1. The largest absolute Gasteiger partial charge is 0.388 e. The van der Waals surface area contributed by atoms with Crippen LogP contribution in [0.4, 0.5) is 5.95 Å². The Kier molecular flexibility index (Phi) is 3.63. The fourth-order valence-electron chi connectivity index (χ4n) is 2.58. The van der Waals surface area contributed by atoms with Crippen LogP contribution < -0.4 is 11.3 Å². The summed E-state index contributed by atoms with van der Waals surface area (Å²) in [6.07, 6.45) is 3.92. The van der Waals surface area contributed by atoms with Crippen LogP contribution in [0.15, 0.2) is 16.2 Å². The van der Waals surface area contributed by atoms with E-state index >= 15 is 0 Å². The Bertz CT molecular complexity index is 890. The van der Waals surface area contributed by atoms with Crippen LogP contribution in [0.2, 0.25) is 0 Å². The van der Waals surface area contributed by atoms with Gasteiger partial charge in [0, 0.05) is 11.3 Å². The Balaban J connectivity index is 2.07. The first-order chi connectivity index (χ1) is 11.1. The molecule has 1 saturated heterocycles. The van der Waals surface area contributed by atoms with Crippen LogP contribution in [0.1, 0.15) is 12.6 Å². The van der Waals surface area contributed by atoms with Crippen molar-refractivity contribution in [1.82, 2.24) is 19.5 Å². The van der Waals surface area contributed by atoms with E-state index < -0.39 is 30.0 Å². The number of hydrogen-bond donors (Lipinski definition) is 3. The molecule has 0 spiro atoms. The van der Waals surface area contributed by atoms with Gasteiger partial charge in [0.2, 0.25) is 5.95 Å². The number of ether oxygens (including phenoxy) is 1. The van der Waals surface area contributed by atoms with E-state index in [1.165, 1.54) is 10.9 Å². The summed E-state index contributed by atoms with van der Waals surface area (Å²) in [6, 6.07) is -0.863. The molecule has 0 saturated carbocycles. The second-order valence-electron chi connectivity index (χ2n) is 4.93. The van der Waals surface area contributed by atoms with Gasteiger partial charge >= 0.3 is 0 Å². The van der Waals surface area contributed by atoms with Crippen molar-refractivity contribution in [3.63, 3.8) is 0 Å². The molecule has 1 fully saturated rings. The zero-order valence-electron chi connectivity index (χ0n) is 11.7. The van der Waals surface area contributed by atoms with Crippen molar-refractivity contribution in [2.75, 3.05) is 5.73 Å². The quantitative estimate of drug-likeness (QED) is 0.303. The number of nitrogens with two attached hydrogens (primary N) is 1. The summed E-state index contributed by atoms with van der Waals surface area (Å²) in [5.41, 5.74) is 13.9. The Morgan fingerprint density at radius 1 is 1.70 bits per heavy atom. The number of fused-ring (bicyclic) bond motifs is 1. The number of imidazole rings is 1. The van der Waals surface area contributed by atoms with E-state index in [1.807, 2.05) is 0 Å². The third-order valence-electron chi connectivity index (χ3n) is 3.57. The van der Waals surface area contributed by atoms with Gasteiger partial charge in [-0.2, -0.15) is 4.98 Å². The number of anilines is 1. The van der Waals surface area contributed by atoms with Crippen LogP contribution >= 0.6 is 0 Å². The summed E-state index contributed by atoms with van der Waals surface area (Å²) in [5.74, 6) is 2.31. The number of nitrogens with one attached hydrogen (secondary N) is 1. The number of H-pyrrole nitrogens is 1. The van der Waals surface area contributed by atoms with Gasteiger partial charge in [0.25, 0.3) is 5.56 Å². The molecule has 11 nitrogen and oxygen atoms in total. The summed E-state index contributed by atoms with van der Waals surface area (Å²) in [4.78, 5) is 24.8. The van der Waals surface area contributed by atoms with Crippen LogP contribution in [0.25, 0.3) is 21.6 Å². The van der Waals surface area contributed by atoms with Gasteiger partial charge in [-0.3, -0.25) is 14.3 Å². The van der Waals surface area contributed by atoms with E-state index in [4.69, 9.17) is 22.4 Å². The molecule has 118 valence electrons. The minimum absolute atomic E-state index is 0.0516. The molecular formula is C12H12N8O3. The van der Waals surface area contributed by atoms with Gasteiger partial charge in [-0.05, 0) is 5.53 Å². The first kappa shape index (κ1) is 14.9. The molecule has 0 aromatic carbocycles. The molecule has 0 bridgehead atoms. The average molecular weight is 316 g/mol. The topological polar surface area (TPSA) is 168 Å². The van der Waals surface area contributed by atoms with Crippen molar-refractivity contribution < 1.29 is 9.84 Å². The van der Waals surface area contributed by atoms with Gasteiger partial charge in [0.15, 0.2) is 17.4 Å². The molecule has 2 aromatic rings. The molecule has 23 heavy (non-hydrogen) atoms. The summed E-state index contributed by atoms with van der Waals surface area (Å²) < 4.78 is 7.05. The Morgan fingerprint density at radius 3 is 3.17 bits per heavy atom. The smallest absolute Gasteiger partial charge is 0.280 e. The molecule has 1 aliphatic rings. The molecule has 0 amide bonds. The van der Waals surface area contributed by atoms with Crippen LogP contribution in [-0.4, -0.2) is 42.9 Å². The zero-order chi connectivity index (χ0) is 16.6. The maximum atomic E-state index is 11.8. The molecular weight excluding hydrogens is 304 g/mol. The van der Waals surface area contributed by atoms with E-state index in [0.29, 0.717) is 0 Å². The summed E-state index contributed by atoms with van der Waals surface area (Å²) >= 11 is 0. The van der Waals surface area contributed by atoms with E-state index in [2.05, 4.69) is 30.9 Å². The average Bonchev–Trinajstić information content (AvgIpc) is 3.04. The molecule has 0 aliphatic carbocycles. The second kappa shape index (κ2) is 5.62. The Labute approximate surface area is 128 Å². The number of terminal acetylenes is 1. The highest BCUT2D eigenvalue weighted by atomic mass is 16.5. The number of aromatic nitrogens is 4. The lowest BCUT2D eigenvalue weighted by molar-refractivity contribution is -0.0332. The van der Waals surface area contributed by atoms with Gasteiger partial charge in [0.05, 0.1) is 18.5 Å². The Hall–Kier alpha value is -3.06. The molecule has 11 heteroatoms. The van der Waals surface area contributed by atoms with Crippen molar-refractivity contribution in [2.45, 2.75) is 30.9 Å². The van der Waals surface area contributed by atoms with Crippen molar-refractivity contribution in [3.05, 3.63) is 27.1 Å². The van der Waals surface area contributed by atoms with Crippen molar-refractivity contribution >= 4 is 17.1 Å². The molecule has 1 aliphatic heterocycles. The lowest BCUT2D eigenvalue weighted by Crippen LogP contribution is -2.29. The lowest BCUT2D eigenvalue weighted by atomic mass is 10.1. The number of nitrogen functional groups attached to an aromatic ring is 1. The third-order valence-corrected chi connectivity index (χ3v) is 3.57. The van der Waals surface area contributed by atoms with Gasteiger partial charge < -0.3 is 15.6 Å². The first-order valence-electron chi connectivity index (χ1n) is 6.60. The zero-order valence-corrected chi connectivity index (χ0v) is 11.7. The van der Waals surface area contributed by atoms with Crippen molar-refractivity contribution in [2.24, 2.45) is 5.11 Å². The summed E-state index contributed by atoms with van der Waals surface area (Å²) in [6.45, 7) is 0. The third kappa shape index (κ3) is 2.36. The number of hydrogen-bond acceptors (Lipinski definition) is 7. The van der Waals surface area contributed by atoms with Crippen molar-refractivity contribution in [1.29, 1.82) is 0 Å². The van der Waals surface area contributed by atoms with Gasteiger partial charge in [-0.25, -0.2) is 4.98 Å². The van der Waals surface area contributed by atoms with Crippen LogP contribution in [-0.2, 0) is 4.74 Å². The fourth-order valence-corrected chi connectivity index (χ4v) is 2.58. The molecule has 0 unspecified atom stereocenters. The minimum atomic E-state index is -1.18. The number of nitrogens with zero attached hydrogens (tertiary/aromatic N) is 6. The molecule has 3 heterocycles. The monoisotopic (exact) mass is 316 g/mol. The van der Waals surface area contributed by atoms with Gasteiger partial charge in [-0.15, -0.1) is 12.3 Å². The maximum absolute atomic E-state index is 11.8. The maximum Gasteiger partial charge on any atom is 0.280 e. The van der Waals surface area contributed by atoms with E-state index in [9.17, 15) is 9.90 Å². The second-order valence-corrected chi connectivity index (χ2v) is 4.93. The van der Waals surface area contributed by atoms with E-state index in [0.717, 1.165) is 0 Å². The lowest BCUT2D eigenvalue weighted by Gasteiger charge is -2.16. The van der Waals surface area contributed by atoms with Crippen molar-refractivity contribution in [3.8, 4) is 12.3 Å². The van der Waals surface area contributed by atoms with Gasteiger partial charge in [-0.1, -0.05) is 5.11 Å². The standard InChI is InChI=1S/C12H12N8O3/c1-2-3-5-6(18-19-14)8(21)11(23-5)20-4-15-7-9(20)16-12(13)17-10(7)22/h1,4-6,8,11,21H,3H2,(H3,13,16,17,22)/t5-,6-,8-,11-/m1/s1. The predicted octanol–water partition coefficient (Wildman–Crippen LogP) is -0.338. The van der Waals surface area contributed by atoms with Gasteiger partial charge in [0.1, 0.15) is 6.10 Å². The molecule has 0 radical (unpaired) electrons. The molecule has 2 aromatic heterocycles. The van der Waals surface area contributed by atoms with Crippen LogP contribution in [0, 0.1) is 12.3 Å². The number of aliphatic hydroxyl groups excluding tert-OH is 1.